The second kappa shape index (κ2) is 6.86. The third-order valence-electron chi connectivity index (χ3n) is 4.65. The summed E-state index contributed by atoms with van der Waals surface area (Å²) in [7, 11) is 0. The quantitative estimate of drug-likeness (QED) is 0.642. The van der Waals surface area contributed by atoms with E-state index in [0.29, 0.717) is 16.8 Å². The third-order valence-corrected chi connectivity index (χ3v) is 4.65. The van der Waals surface area contributed by atoms with Crippen molar-refractivity contribution >= 4 is 17.6 Å². The van der Waals surface area contributed by atoms with Gasteiger partial charge in [-0.1, -0.05) is 0 Å². The number of cyclic esters (lactones) is 1. The maximum absolute atomic E-state index is 12.6. The van der Waals surface area contributed by atoms with Crippen molar-refractivity contribution in [3.8, 4) is 0 Å². The molecule has 2 atom stereocenters. The van der Waals surface area contributed by atoms with Crippen molar-refractivity contribution < 1.29 is 28.7 Å². The van der Waals surface area contributed by atoms with Crippen LogP contribution in [0.4, 0.5) is 5.69 Å². The molecule has 7 heteroatoms. The number of aliphatic hydroxyl groups is 1. The fourth-order valence-corrected chi connectivity index (χ4v) is 3.26. The largest absolute Gasteiger partial charge is 0.457 e. The van der Waals surface area contributed by atoms with Crippen molar-refractivity contribution in [1.29, 1.82) is 0 Å². The van der Waals surface area contributed by atoms with Crippen LogP contribution in [0, 0.1) is 0 Å². The Morgan fingerprint density at radius 3 is 3.00 bits per heavy atom. The molecule has 1 fully saturated rings. The Labute approximate surface area is 150 Å². The number of nitrogens with one attached hydrogen (secondary N) is 1. The molecule has 7 nitrogen and oxygen atoms in total. The normalized spacial score (nSPS) is 21.3. The molecule has 0 spiro atoms. The lowest BCUT2D eigenvalue weighted by atomic mass is 10.1. The van der Waals surface area contributed by atoms with Crippen LogP contribution in [0.25, 0.3) is 0 Å². The first-order chi connectivity index (χ1) is 12.6. The van der Waals surface area contributed by atoms with E-state index in [9.17, 15) is 14.7 Å². The van der Waals surface area contributed by atoms with Crippen LogP contribution in [-0.2, 0) is 16.1 Å². The number of nitrogens with zero attached hydrogens (tertiary/aromatic N) is 1. The molecular weight excluding hydrogens is 336 g/mol. The van der Waals surface area contributed by atoms with E-state index in [2.05, 4.69) is 5.32 Å². The zero-order valence-corrected chi connectivity index (χ0v) is 14.1. The lowest BCUT2D eigenvalue weighted by Gasteiger charge is -2.09. The number of rotatable bonds is 4. The zero-order valence-electron chi connectivity index (χ0n) is 14.1. The molecular formula is C19H19N2O5+. The monoisotopic (exact) mass is 355 g/mol. The highest BCUT2D eigenvalue weighted by Gasteiger charge is 2.31. The molecule has 0 saturated carbocycles. The van der Waals surface area contributed by atoms with Crippen molar-refractivity contribution in [2.75, 3.05) is 11.9 Å². The fraction of sp³-hybridized carbons (Fsp3) is 0.316. The van der Waals surface area contributed by atoms with Crippen LogP contribution in [0.15, 0.2) is 42.7 Å². The standard InChI is InChI=1S/C19H18N2O5/c22-10-15-4-6-17(26-15)21-7-1-2-12(9-21)18(23)20-14-3-5-16-13(8-14)11-25-19(16)24/h1-3,5,7-9,15,17,22H,4,6,10-11H2/p+1. The van der Waals surface area contributed by atoms with Gasteiger partial charge in [0.05, 0.1) is 18.3 Å². The summed E-state index contributed by atoms with van der Waals surface area (Å²) in [5.41, 5.74) is 2.42. The van der Waals surface area contributed by atoms with Gasteiger partial charge in [0.2, 0.25) is 0 Å². The Bertz CT molecular complexity index is 867. The number of hydrogen-bond acceptors (Lipinski definition) is 5. The Hall–Kier alpha value is -2.77. The maximum atomic E-state index is 12.6. The summed E-state index contributed by atoms with van der Waals surface area (Å²) in [5, 5.41) is 12.0. The number of benzene rings is 1. The van der Waals surface area contributed by atoms with E-state index in [0.717, 1.165) is 18.4 Å². The average molecular weight is 355 g/mol. The zero-order chi connectivity index (χ0) is 18.1. The van der Waals surface area contributed by atoms with Crippen molar-refractivity contribution in [2.24, 2.45) is 0 Å². The summed E-state index contributed by atoms with van der Waals surface area (Å²) in [4.78, 5) is 24.1. The highest BCUT2D eigenvalue weighted by molar-refractivity contribution is 6.04. The number of carbonyl (C=O) groups excluding carboxylic acids is 2. The number of aliphatic hydroxyl groups excluding tert-OH is 1. The first-order valence-corrected chi connectivity index (χ1v) is 8.52. The van der Waals surface area contributed by atoms with E-state index in [-0.39, 0.29) is 37.4 Å². The SMILES string of the molecule is O=C(Nc1ccc2c(c1)COC2=O)c1ccc[n+](C2CCC(CO)O2)c1. The predicted octanol–water partition coefficient (Wildman–Crippen LogP) is 1.57. The van der Waals surface area contributed by atoms with Gasteiger partial charge in [-0.2, -0.15) is 4.57 Å². The van der Waals surface area contributed by atoms with E-state index in [1.54, 1.807) is 36.5 Å². The van der Waals surface area contributed by atoms with Gasteiger partial charge in [0.1, 0.15) is 12.2 Å². The third kappa shape index (κ3) is 3.18. The summed E-state index contributed by atoms with van der Waals surface area (Å²) in [5.74, 6) is -0.582. The lowest BCUT2D eigenvalue weighted by molar-refractivity contribution is -0.759. The Morgan fingerprint density at radius 1 is 1.31 bits per heavy atom. The first-order valence-electron chi connectivity index (χ1n) is 8.52. The van der Waals surface area contributed by atoms with Crippen molar-refractivity contribution in [2.45, 2.75) is 31.8 Å². The number of pyridine rings is 1. The molecule has 1 saturated heterocycles. The van der Waals surface area contributed by atoms with Gasteiger partial charge in [0.25, 0.3) is 12.1 Å². The molecule has 2 aliphatic rings. The number of hydrogen-bond donors (Lipinski definition) is 2. The van der Waals surface area contributed by atoms with E-state index in [1.807, 2.05) is 10.8 Å². The highest BCUT2D eigenvalue weighted by Crippen LogP contribution is 2.25. The van der Waals surface area contributed by atoms with Crippen LogP contribution in [0.1, 0.15) is 45.3 Å². The molecule has 1 aromatic carbocycles. The number of aromatic nitrogens is 1. The highest BCUT2D eigenvalue weighted by atomic mass is 16.5. The van der Waals surface area contributed by atoms with E-state index >= 15 is 0 Å². The van der Waals surface area contributed by atoms with Gasteiger partial charge in [-0.15, -0.1) is 0 Å². The minimum atomic E-state index is -0.334. The van der Waals surface area contributed by atoms with Crippen LogP contribution < -0.4 is 9.88 Å². The summed E-state index contributed by atoms with van der Waals surface area (Å²) in [6, 6.07) is 8.62. The van der Waals surface area contributed by atoms with Crippen molar-refractivity contribution in [3.05, 3.63) is 59.4 Å². The minimum absolute atomic E-state index is 0.00177. The van der Waals surface area contributed by atoms with Gasteiger partial charge in [-0.3, -0.25) is 4.79 Å². The Morgan fingerprint density at radius 2 is 2.19 bits per heavy atom. The van der Waals surface area contributed by atoms with Gasteiger partial charge in [-0.25, -0.2) is 4.79 Å². The molecule has 2 aliphatic heterocycles. The molecule has 0 bridgehead atoms. The number of carbonyl (C=O) groups is 2. The number of anilines is 1. The van der Waals surface area contributed by atoms with Crippen LogP contribution >= 0.6 is 0 Å². The van der Waals surface area contributed by atoms with Gasteiger partial charge in [-0.05, 0) is 30.7 Å². The predicted molar refractivity (Wildman–Crippen MR) is 90.4 cm³/mol. The average Bonchev–Trinajstić information content (AvgIpc) is 3.29. The summed E-state index contributed by atoms with van der Waals surface area (Å²) >= 11 is 0. The Balaban J connectivity index is 1.49. The van der Waals surface area contributed by atoms with Crippen LogP contribution in [0.3, 0.4) is 0 Å². The molecule has 1 aromatic heterocycles. The number of fused-ring (bicyclic) bond motifs is 1. The van der Waals surface area contributed by atoms with Crippen molar-refractivity contribution in [3.63, 3.8) is 0 Å². The topological polar surface area (TPSA) is 88.7 Å². The fourth-order valence-electron chi connectivity index (χ4n) is 3.26. The summed E-state index contributed by atoms with van der Waals surface area (Å²) in [6.07, 6.45) is 4.84. The van der Waals surface area contributed by atoms with Gasteiger partial charge in [0, 0.05) is 23.7 Å². The van der Waals surface area contributed by atoms with Crippen molar-refractivity contribution in [1.82, 2.24) is 0 Å². The first kappa shape index (κ1) is 16.7. The second-order valence-corrected chi connectivity index (χ2v) is 6.41. The molecule has 4 rings (SSSR count). The minimum Gasteiger partial charge on any atom is -0.457 e. The molecule has 2 N–H and O–H groups in total. The van der Waals surface area contributed by atoms with E-state index < -0.39 is 0 Å². The maximum Gasteiger partial charge on any atom is 0.338 e. The summed E-state index contributed by atoms with van der Waals surface area (Å²) in [6.45, 7) is 0.232. The van der Waals surface area contributed by atoms with Gasteiger partial charge in [0.15, 0.2) is 12.4 Å². The molecule has 134 valence electrons. The van der Waals surface area contributed by atoms with E-state index in [1.165, 1.54) is 0 Å². The molecule has 0 radical (unpaired) electrons. The van der Waals surface area contributed by atoms with Crippen LogP contribution in [0.5, 0.6) is 0 Å². The molecule has 26 heavy (non-hydrogen) atoms. The molecule has 3 heterocycles. The molecule has 2 aromatic rings. The molecule has 1 amide bonds. The van der Waals surface area contributed by atoms with Gasteiger partial charge < -0.3 is 19.9 Å². The number of amides is 1. The molecule has 0 aliphatic carbocycles. The Kier molecular flexibility index (Phi) is 4.40. The molecule has 2 unspecified atom stereocenters. The smallest absolute Gasteiger partial charge is 0.338 e. The van der Waals surface area contributed by atoms with Crippen LogP contribution in [0.2, 0.25) is 0 Å². The van der Waals surface area contributed by atoms with E-state index in [4.69, 9.17) is 9.47 Å². The van der Waals surface area contributed by atoms with Gasteiger partial charge >= 0.3 is 5.97 Å². The second-order valence-electron chi connectivity index (χ2n) is 6.41. The summed E-state index contributed by atoms with van der Waals surface area (Å²) < 4.78 is 12.6. The number of esters is 1. The number of ether oxygens (including phenoxy) is 2. The van der Waals surface area contributed by atoms with Crippen LogP contribution in [-0.4, -0.2) is 29.7 Å². The lowest BCUT2D eigenvalue weighted by Crippen LogP contribution is -2.40.